The summed E-state index contributed by atoms with van der Waals surface area (Å²) < 4.78 is 47.5. The average molecular weight is 413 g/mol. The number of hydrogen-bond donors (Lipinski definition) is 1. The van der Waals surface area contributed by atoms with Gasteiger partial charge in [-0.3, -0.25) is 0 Å². The molecule has 9 heteroatoms. The predicted octanol–water partition coefficient (Wildman–Crippen LogP) is 2.03. The summed E-state index contributed by atoms with van der Waals surface area (Å²) in [5.41, 5.74) is -0.625. The molecule has 0 aliphatic rings. The molecular formula is C6H4BrF2IN2O2S. The van der Waals surface area contributed by atoms with Gasteiger partial charge in [-0.05, 0) is 38.5 Å². The second-order valence-corrected chi connectivity index (χ2v) is 5.85. The van der Waals surface area contributed by atoms with E-state index in [0.717, 1.165) is 6.20 Å². The maximum absolute atomic E-state index is 12.6. The minimum absolute atomic E-state index is 0.0362. The van der Waals surface area contributed by atoms with Crippen LogP contribution in [0.15, 0.2) is 15.7 Å². The molecule has 15 heavy (non-hydrogen) atoms. The zero-order valence-corrected chi connectivity index (χ0v) is 11.5. The first-order chi connectivity index (χ1) is 6.75. The van der Waals surface area contributed by atoms with Gasteiger partial charge in [-0.1, -0.05) is 0 Å². The predicted molar refractivity (Wildman–Crippen MR) is 61.0 cm³/mol. The van der Waals surface area contributed by atoms with E-state index in [9.17, 15) is 17.2 Å². The summed E-state index contributed by atoms with van der Waals surface area (Å²) in [4.78, 5) is 2.96. The second-order valence-electron chi connectivity index (χ2n) is 2.49. The van der Waals surface area contributed by atoms with Gasteiger partial charge < -0.3 is 0 Å². The molecular weight excluding hydrogens is 409 g/mol. The summed E-state index contributed by atoms with van der Waals surface area (Å²) in [6, 6.07) is 0. The van der Waals surface area contributed by atoms with Crippen molar-refractivity contribution in [3.63, 3.8) is 0 Å². The van der Waals surface area contributed by atoms with E-state index in [1.807, 2.05) is 0 Å². The van der Waals surface area contributed by atoms with Gasteiger partial charge in [0.05, 0.1) is 9.13 Å². The van der Waals surface area contributed by atoms with Crippen molar-refractivity contribution in [3.05, 3.63) is 19.9 Å². The number of rotatable bonds is 2. The fourth-order valence-corrected chi connectivity index (χ4v) is 2.75. The van der Waals surface area contributed by atoms with Crippen molar-refractivity contribution in [2.45, 2.75) is 11.3 Å². The Morgan fingerprint density at radius 1 is 1.53 bits per heavy atom. The van der Waals surface area contributed by atoms with Crippen LogP contribution in [0.4, 0.5) is 8.78 Å². The van der Waals surface area contributed by atoms with Gasteiger partial charge in [-0.25, -0.2) is 27.3 Å². The van der Waals surface area contributed by atoms with E-state index in [1.165, 1.54) is 0 Å². The number of alkyl halides is 2. The molecule has 0 aromatic carbocycles. The zero-order valence-electron chi connectivity index (χ0n) is 6.92. The van der Waals surface area contributed by atoms with Crippen molar-refractivity contribution in [2.75, 3.05) is 0 Å². The molecule has 0 unspecified atom stereocenters. The van der Waals surface area contributed by atoms with Gasteiger partial charge in [0, 0.05) is 6.20 Å². The highest BCUT2D eigenvalue weighted by molar-refractivity contribution is 14.1. The highest BCUT2D eigenvalue weighted by Gasteiger charge is 2.25. The maximum Gasteiger partial charge on any atom is 0.266 e. The Morgan fingerprint density at radius 3 is 2.47 bits per heavy atom. The van der Waals surface area contributed by atoms with Crippen LogP contribution in [0.1, 0.15) is 12.0 Å². The summed E-state index contributed by atoms with van der Waals surface area (Å²) in [7, 11) is -4.19. The van der Waals surface area contributed by atoms with Crippen molar-refractivity contribution in [1.82, 2.24) is 4.98 Å². The average Bonchev–Trinajstić information content (AvgIpc) is 2.06. The number of sulfonamides is 1. The zero-order chi connectivity index (χ0) is 11.8. The van der Waals surface area contributed by atoms with E-state index in [2.05, 4.69) is 20.9 Å². The topological polar surface area (TPSA) is 73.1 Å². The largest absolute Gasteiger partial charge is 0.266 e. The molecule has 2 N–H and O–H groups in total. The third-order valence-electron chi connectivity index (χ3n) is 1.50. The lowest BCUT2D eigenvalue weighted by atomic mass is 10.3. The van der Waals surface area contributed by atoms with Crippen molar-refractivity contribution < 1.29 is 17.2 Å². The van der Waals surface area contributed by atoms with E-state index in [4.69, 9.17) is 5.14 Å². The lowest BCUT2D eigenvalue weighted by Crippen LogP contribution is -2.16. The summed E-state index contributed by atoms with van der Waals surface area (Å²) in [6.45, 7) is 0. The molecule has 0 radical (unpaired) electrons. The van der Waals surface area contributed by atoms with Crippen molar-refractivity contribution >= 4 is 48.5 Å². The van der Waals surface area contributed by atoms with Gasteiger partial charge in [-0.2, -0.15) is 0 Å². The Morgan fingerprint density at radius 2 is 2.07 bits per heavy atom. The van der Waals surface area contributed by atoms with E-state index in [-0.39, 0.29) is 8.17 Å². The van der Waals surface area contributed by atoms with Gasteiger partial charge in [0.1, 0.15) is 9.50 Å². The number of halogens is 4. The molecule has 0 aliphatic heterocycles. The van der Waals surface area contributed by atoms with Crippen molar-refractivity contribution in [3.8, 4) is 0 Å². The number of aromatic nitrogens is 1. The third kappa shape index (κ3) is 2.82. The van der Waals surface area contributed by atoms with Crippen LogP contribution >= 0.6 is 38.5 Å². The minimum atomic E-state index is -4.19. The quantitative estimate of drug-likeness (QED) is 0.596. The first-order valence-electron chi connectivity index (χ1n) is 3.40. The number of nitrogens with zero attached hydrogens (tertiary/aromatic N) is 1. The molecule has 1 aromatic heterocycles. The molecule has 0 saturated carbocycles. The lowest BCUT2D eigenvalue weighted by molar-refractivity contribution is 0.146. The Kier molecular flexibility index (Phi) is 4.01. The first kappa shape index (κ1) is 13.2. The summed E-state index contributed by atoms with van der Waals surface area (Å²) in [5, 5.41) is 4.79. The normalized spacial score (nSPS) is 12.1. The van der Waals surface area contributed by atoms with Gasteiger partial charge >= 0.3 is 0 Å². The Bertz CT molecular complexity index is 494. The Labute approximate surface area is 107 Å². The molecule has 0 spiro atoms. The second kappa shape index (κ2) is 4.55. The van der Waals surface area contributed by atoms with Gasteiger partial charge in [0.2, 0.25) is 10.0 Å². The summed E-state index contributed by atoms with van der Waals surface area (Å²) >= 11 is 4.50. The van der Waals surface area contributed by atoms with Crippen molar-refractivity contribution in [1.29, 1.82) is 0 Å². The monoisotopic (exact) mass is 412 g/mol. The molecule has 0 amide bonds. The summed E-state index contributed by atoms with van der Waals surface area (Å²) in [5.74, 6) is 0. The molecule has 0 bridgehead atoms. The smallest absolute Gasteiger partial charge is 0.247 e. The third-order valence-corrected chi connectivity index (χ3v) is 4.88. The number of hydrogen-bond acceptors (Lipinski definition) is 3. The van der Waals surface area contributed by atoms with Gasteiger partial charge in [0.25, 0.3) is 6.43 Å². The molecule has 4 nitrogen and oxygen atoms in total. The van der Waals surface area contributed by atoms with E-state index >= 15 is 0 Å². The van der Waals surface area contributed by atoms with Gasteiger partial charge in [-0.15, -0.1) is 0 Å². The van der Waals surface area contributed by atoms with Crippen molar-refractivity contribution in [2.24, 2.45) is 5.14 Å². The highest BCUT2D eigenvalue weighted by atomic mass is 127. The minimum Gasteiger partial charge on any atom is -0.247 e. The standard InChI is InChI=1S/C6H4BrF2IN2O2S/c7-5-4(10)3(6(8)9)2(1-12-5)15(11,13)14/h1,6H,(H2,11,13,14). The van der Waals surface area contributed by atoms with Crippen LogP contribution in [0.25, 0.3) is 0 Å². The van der Waals surface area contributed by atoms with Gasteiger partial charge in [0.15, 0.2) is 0 Å². The van der Waals surface area contributed by atoms with Crippen LogP contribution in [0.2, 0.25) is 0 Å². The highest BCUT2D eigenvalue weighted by Crippen LogP contribution is 2.33. The lowest BCUT2D eigenvalue weighted by Gasteiger charge is -2.09. The SMILES string of the molecule is NS(=O)(=O)c1cnc(Br)c(I)c1C(F)F. The molecule has 1 heterocycles. The van der Waals surface area contributed by atoms with Crippen LogP contribution in [-0.2, 0) is 10.0 Å². The van der Waals surface area contributed by atoms with E-state index in [0.29, 0.717) is 0 Å². The summed E-state index contributed by atoms with van der Waals surface area (Å²) in [6.07, 6.45) is -2.12. The fourth-order valence-electron chi connectivity index (χ4n) is 0.891. The molecule has 0 aliphatic carbocycles. The molecule has 0 fully saturated rings. The molecule has 0 saturated heterocycles. The van der Waals surface area contributed by atoms with Crippen LogP contribution < -0.4 is 5.14 Å². The maximum atomic E-state index is 12.6. The molecule has 0 atom stereocenters. The van der Waals surface area contributed by atoms with Crippen LogP contribution in [0.3, 0.4) is 0 Å². The molecule has 1 aromatic rings. The first-order valence-corrected chi connectivity index (χ1v) is 6.81. The number of pyridine rings is 1. The van der Waals surface area contributed by atoms with Crippen LogP contribution in [0.5, 0.6) is 0 Å². The van der Waals surface area contributed by atoms with E-state index in [1.54, 1.807) is 22.6 Å². The Balaban J connectivity index is 3.62. The van der Waals surface area contributed by atoms with Crippen LogP contribution in [0, 0.1) is 3.57 Å². The van der Waals surface area contributed by atoms with Crippen LogP contribution in [-0.4, -0.2) is 13.4 Å². The number of nitrogens with two attached hydrogens (primary N) is 1. The molecule has 1 rings (SSSR count). The molecule has 84 valence electrons. The number of primary sulfonamides is 1. The Hall–Kier alpha value is 0.130. The fraction of sp³-hybridized carbons (Fsp3) is 0.167. The van der Waals surface area contributed by atoms with E-state index < -0.39 is 26.9 Å².